The third-order valence-corrected chi connectivity index (χ3v) is 3.83. The predicted octanol–water partition coefficient (Wildman–Crippen LogP) is 3.56. The first-order valence-electron chi connectivity index (χ1n) is 7.71. The minimum Gasteiger partial charge on any atom is -0.496 e. The van der Waals surface area contributed by atoms with E-state index in [4.69, 9.17) is 4.74 Å². The number of benzene rings is 2. The monoisotopic (exact) mass is 313 g/mol. The molecule has 1 atom stereocenters. The lowest BCUT2D eigenvalue weighted by Gasteiger charge is -2.18. The average molecular weight is 313 g/mol. The van der Waals surface area contributed by atoms with Crippen molar-refractivity contribution in [1.29, 1.82) is 0 Å². The lowest BCUT2D eigenvalue weighted by molar-refractivity contribution is -0.140. The molecule has 2 N–H and O–H groups in total. The summed E-state index contributed by atoms with van der Waals surface area (Å²) in [6, 6.07) is 15.4. The van der Waals surface area contributed by atoms with Crippen molar-refractivity contribution < 1.29 is 14.6 Å². The first-order chi connectivity index (χ1) is 11.0. The van der Waals surface area contributed by atoms with E-state index in [0.717, 1.165) is 22.4 Å². The Bertz CT molecular complexity index is 650. The van der Waals surface area contributed by atoms with Gasteiger partial charge in [-0.15, -0.1) is 0 Å². The van der Waals surface area contributed by atoms with Crippen molar-refractivity contribution in [1.82, 2.24) is 5.32 Å². The molecule has 0 saturated heterocycles. The van der Waals surface area contributed by atoms with Crippen molar-refractivity contribution in [3.8, 4) is 16.9 Å². The van der Waals surface area contributed by atoms with Gasteiger partial charge in [-0.3, -0.25) is 4.79 Å². The minimum absolute atomic E-state index is 0.0420. The number of aliphatic carboxylic acids is 1. The Balaban J connectivity index is 2.09. The lowest BCUT2D eigenvalue weighted by atomic mass is 10.0. The summed E-state index contributed by atoms with van der Waals surface area (Å²) >= 11 is 0. The van der Waals surface area contributed by atoms with Crippen molar-refractivity contribution in [3.05, 3.63) is 54.1 Å². The van der Waals surface area contributed by atoms with Crippen LogP contribution >= 0.6 is 0 Å². The fraction of sp³-hybridized carbons (Fsp3) is 0.316. The smallest absolute Gasteiger partial charge is 0.320 e. The summed E-state index contributed by atoms with van der Waals surface area (Å²) in [5.41, 5.74) is 3.17. The maximum atomic E-state index is 11.2. The van der Waals surface area contributed by atoms with Crippen LogP contribution < -0.4 is 10.1 Å². The number of ether oxygens (including phenoxy) is 1. The number of para-hydroxylation sites is 1. The van der Waals surface area contributed by atoms with Gasteiger partial charge in [-0.2, -0.15) is 0 Å². The maximum Gasteiger partial charge on any atom is 0.320 e. The zero-order chi connectivity index (χ0) is 16.8. The molecule has 4 heteroatoms. The van der Waals surface area contributed by atoms with Gasteiger partial charge in [0, 0.05) is 12.1 Å². The van der Waals surface area contributed by atoms with E-state index in [-0.39, 0.29) is 5.92 Å². The molecule has 0 bridgehead atoms. The van der Waals surface area contributed by atoms with Crippen LogP contribution in [0, 0.1) is 5.92 Å². The third-order valence-electron chi connectivity index (χ3n) is 3.83. The first-order valence-corrected chi connectivity index (χ1v) is 7.71. The normalized spacial score (nSPS) is 12.2. The molecule has 122 valence electrons. The zero-order valence-corrected chi connectivity index (χ0v) is 13.7. The molecule has 2 rings (SSSR count). The predicted molar refractivity (Wildman–Crippen MR) is 91.5 cm³/mol. The second kappa shape index (κ2) is 7.79. The van der Waals surface area contributed by atoms with Crippen LogP contribution in [0.25, 0.3) is 11.1 Å². The average Bonchev–Trinajstić information content (AvgIpc) is 2.55. The van der Waals surface area contributed by atoms with Crippen LogP contribution in [0.2, 0.25) is 0 Å². The van der Waals surface area contributed by atoms with E-state index < -0.39 is 12.0 Å². The molecule has 2 aromatic rings. The number of carboxylic acid groups (broad SMARTS) is 1. The summed E-state index contributed by atoms with van der Waals surface area (Å²) in [4.78, 5) is 11.2. The number of nitrogens with one attached hydrogen (secondary N) is 1. The number of methoxy groups -OCH3 is 1. The molecule has 0 fully saturated rings. The number of hydrogen-bond acceptors (Lipinski definition) is 3. The van der Waals surface area contributed by atoms with Crippen molar-refractivity contribution in [2.75, 3.05) is 7.11 Å². The summed E-state index contributed by atoms with van der Waals surface area (Å²) < 4.78 is 5.38. The summed E-state index contributed by atoms with van der Waals surface area (Å²) in [6.45, 7) is 4.33. The van der Waals surface area contributed by atoms with Crippen molar-refractivity contribution in [2.24, 2.45) is 5.92 Å². The highest BCUT2D eigenvalue weighted by Crippen LogP contribution is 2.29. The Kier molecular flexibility index (Phi) is 5.77. The Labute approximate surface area is 137 Å². The molecule has 0 aliphatic rings. The largest absolute Gasteiger partial charge is 0.496 e. The van der Waals surface area contributed by atoms with Crippen LogP contribution in [0.15, 0.2) is 48.5 Å². The van der Waals surface area contributed by atoms with Crippen LogP contribution in [-0.4, -0.2) is 24.2 Å². The summed E-state index contributed by atoms with van der Waals surface area (Å²) in [7, 11) is 1.66. The zero-order valence-electron chi connectivity index (χ0n) is 13.7. The van der Waals surface area contributed by atoms with Gasteiger partial charge in [-0.05, 0) is 23.1 Å². The lowest BCUT2D eigenvalue weighted by Crippen LogP contribution is -2.40. The molecule has 0 heterocycles. The van der Waals surface area contributed by atoms with Gasteiger partial charge in [-0.1, -0.05) is 56.3 Å². The molecule has 0 aliphatic heterocycles. The molecule has 0 amide bonds. The van der Waals surface area contributed by atoms with Gasteiger partial charge in [0.2, 0.25) is 0 Å². The molecule has 0 aliphatic carbocycles. The standard InChI is InChI=1S/C19H23NO3/c1-13(2)18(19(21)22)20-12-14-8-10-15(11-9-14)16-6-4-5-7-17(16)23-3/h4-11,13,18,20H,12H2,1-3H3,(H,21,22)/t18-/m0/s1. The van der Waals surface area contributed by atoms with Gasteiger partial charge in [0.05, 0.1) is 7.11 Å². The fourth-order valence-electron chi connectivity index (χ4n) is 2.52. The fourth-order valence-corrected chi connectivity index (χ4v) is 2.52. The number of rotatable bonds is 7. The van der Waals surface area contributed by atoms with Crippen molar-refractivity contribution in [2.45, 2.75) is 26.4 Å². The van der Waals surface area contributed by atoms with E-state index in [1.165, 1.54) is 0 Å². The molecule has 0 unspecified atom stereocenters. The van der Waals surface area contributed by atoms with Crippen LogP contribution in [0.4, 0.5) is 0 Å². The third kappa shape index (κ3) is 4.33. The summed E-state index contributed by atoms with van der Waals surface area (Å²) in [5.74, 6) is 0.0649. The van der Waals surface area contributed by atoms with E-state index in [2.05, 4.69) is 5.32 Å². The molecule has 4 nitrogen and oxygen atoms in total. The SMILES string of the molecule is COc1ccccc1-c1ccc(CN[C@H](C(=O)O)C(C)C)cc1. The highest BCUT2D eigenvalue weighted by molar-refractivity contribution is 5.73. The van der Waals surface area contributed by atoms with E-state index in [9.17, 15) is 9.90 Å². The Morgan fingerprint density at radius 1 is 1.13 bits per heavy atom. The molecule has 0 radical (unpaired) electrons. The van der Waals surface area contributed by atoms with Gasteiger partial charge < -0.3 is 15.2 Å². The van der Waals surface area contributed by atoms with Gasteiger partial charge in [0.15, 0.2) is 0 Å². The highest BCUT2D eigenvalue weighted by Gasteiger charge is 2.20. The van der Waals surface area contributed by atoms with Crippen LogP contribution in [-0.2, 0) is 11.3 Å². The van der Waals surface area contributed by atoms with E-state index in [0.29, 0.717) is 6.54 Å². The van der Waals surface area contributed by atoms with Gasteiger partial charge >= 0.3 is 5.97 Å². The maximum absolute atomic E-state index is 11.2. The molecule has 0 spiro atoms. The van der Waals surface area contributed by atoms with E-state index in [1.54, 1.807) is 7.11 Å². The number of hydrogen-bond donors (Lipinski definition) is 2. The summed E-state index contributed by atoms with van der Waals surface area (Å²) in [6.07, 6.45) is 0. The topological polar surface area (TPSA) is 58.6 Å². The molecule has 0 aromatic heterocycles. The molecule has 23 heavy (non-hydrogen) atoms. The molecular weight excluding hydrogens is 290 g/mol. The van der Waals surface area contributed by atoms with Crippen LogP contribution in [0.3, 0.4) is 0 Å². The van der Waals surface area contributed by atoms with E-state index >= 15 is 0 Å². The second-order valence-corrected chi connectivity index (χ2v) is 5.84. The van der Waals surface area contributed by atoms with Gasteiger partial charge in [0.25, 0.3) is 0 Å². The van der Waals surface area contributed by atoms with Crippen molar-refractivity contribution in [3.63, 3.8) is 0 Å². The number of carboxylic acids is 1. The molecule has 2 aromatic carbocycles. The van der Waals surface area contributed by atoms with E-state index in [1.807, 2.05) is 62.4 Å². The first kappa shape index (κ1) is 17.0. The summed E-state index contributed by atoms with van der Waals surface area (Å²) in [5, 5.41) is 12.3. The van der Waals surface area contributed by atoms with Gasteiger partial charge in [0.1, 0.15) is 11.8 Å². The molecule has 0 saturated carbocycles. The van der Waals surface area contributed by atoms with Gasteiger partial charge in [-0.25, -0.2) is 0 Å². The Hall–Kier alpha value is -2.33. The molecular formula is C19H23NO3. The second-order valence-electron chi connectivity index (χ2n) is 5.84. The van der Waals surface area contributed by atoms with Crippen molar-refractivity contribution >= 4 is 5.97 Å². The minimum atomic E-state index is -0.814. The quantitative estimate of drug-likeness (QED) is 0.820. The highest BCUT2D eigenvalue weighted by atomic mass is 16.5. The Morgan fingerprint density at radius 2 is 1.78 bits per heavy atom. The van der Waals surface area contributed by atoms with Crippen LogP contribution in [0.1, 0.15) is 19.4 Å². The Morgan fingerprint density at radius 3 is 2.35 bits per heavy atom. The number of carbonyl (C=O) groups is 1. The van der Waals surface area contributed by atoms with Crippen LogP contribution in [0.5, 0.6) is 5.75 Å².